The normalized spacial score (nSPS) is 24.2. The van der Waals surface area contributed by atoms with E-state index in [-0.39, 0.29) is 31.0 Å². The van der Waals surface area contributed by atoms with E-state index in [0.717, 1.165) is 29.2 Å². The largest absolute Gasteiger partial charge is 0.396 e. The molecular weight excluding hydrogens is 273 g/mol. The predicted octanol–water partition coefficient (Wildman–Crippen LogP) is 2.34. The highest BCUT2D eigenvalue weighted by molar-refractivity contribution is 6.31. The summed E-state index contributed by atoms with van der Waals surface area (Å²) in [6.07, 6.45) is -0.0758. The molecule has 0 spiro atoms. The van der Waals surface area contributed by atoms with Crippen LogP contribution in [0.2, 0.25) is 5.02 Å². The highest BCUT2D eigenvalue weighted by Gasteiger charge is 2.25. The van der Waals surface area contributed by atoms with E-state index in [2.05, 4.69) is 5.32 Å². The summed E-state index contributed by atoms with van der Waals surface area (Å²) in [5, 5.41) is 13.4. The average molecular weight is 292 g/mol. The van der Waals surface area contributed by atoms with Gasteiger partial charge in [0.1, 0.15) is 0 Å². The molecule has 0 bridgehead atoms. The van der Waals surface area contributed by atoms with Crippen molar-refractivity contribution in [1.29, 1.82) is 0 Å². The third kappa shape index (κ3) is 3.59. The highest BCUT2D eigenvalue weighted by atomic mass is 35.5. The van der Waals surface area contributed by atoms with Crippen molar-refractivity contribution in [3.8, 4) is 0 Å². The van der Waals surface area contributed by atoms with Gasteiger partial charge in [0.2, 0.25) is 0 Å². The molecule has 18 heavy (non-hydrogen) atoms. The first-order valence-corrected chi connectivity index (χ1v) is 6.29. The van der Waals surface area contributed by atoms with Gasteiger partial charge in [-0.25, -0.2) is 0 Å². The number of benzene rings is 1. The maximum Gasteiger partial charge on any atom is 0.0888 e. The van der Waals surface area contributed by atoms with Crippen LogP contribution in [-0.4, -0.2) is 31.4 Å². The molecule has 0 saturated carbocycles. The molecule has 0 aliphatic carbocycles. The molecule has 2 atom stereocenters. The number of aliphatic hydroxyl groups excluding tert-OH is 1. The summed E-state index contributed by atoms with van der Waals surface area (Å²) < 4.78 is 5.81. The molecular formula is C13H19Cl2NO2. The second-order valence-corrected chi connectivity index (χ2v) is 4.85. The van der Waals surface area contributed by atoms with Crippen molar-refractivity contribution >= 4 is 24.0 Å². The number of halogens is 2. The summed E-state index contributed by atoms with van der Waals surface area (Å²) in [6, 6.07) is 5.96. The van der Waals surface area contributed by atoms with Gasteiger partial charge in [-0.15, -0.1) is 12.4 Å². The Morgan fingerprint density at radius 2 is 2.28 bits per heavy atom. The fraction of sp³-hybridized carbons (Fsp3) is 0.538. The van der Waals surface area contributed by atoms with Gasteiger partial charge in [-0.05, 0) is 24.1 Å². The molecule has 0 aromatic heterocycles. The first kappa shape index (κ1) is 15.7. The van der Waals surface area contributed by atoms with Crippen molar-refractivity contribution in [2.75, 3.05) is 26.3 Å². The van der Waals surface area contributed by atoms with Gasteiger partial charge in [0.25, 0.3) is 0 Å². The second-order valence-electron chi connectivity index (χ2n) is 4.45. The maximum absolute atomic E-state index is 9.42. The zero-order valence-electron chi connectivity index (χ0n) is 10.4. The van der Waals surface area contributed by atoms with Gasteiger partial charge in [-0.3, -0.25) is 0 Å². The molecule has 0 amide bonds. The van der Waals surface area contributed by atoms with E-state index < -0.39 is 0 Å². The van der Waals surface area contributed by atoms with E-state index in [4.69, 9.17) is 16.3 Å². The molecule has 2 rings (SSSR count). The molecule has 3 nitrogen and oxygen atoms in total. The Balaban J connectivity index is 0.00000162. The molecule has 0 radical (unpaired) electrons. The van der Waals surface area contributed by atoms with E-state index in [9.17, 15) is 5.11 Å². The van der Waals surface area contributed by atoms with Crippen molar-refractivity contribution in [2.45, 2.75) is 13.0 Å². The molecule has 1 fully saturated rings. The number of nitrogens with one attached hydrogen (secondary N) is 1. The van der Waals surface area contributed by atoms with Crippen LogP contribution in [0.3, 0.4) is 0 Å². The summed E-state index contributed by atoms with van der Waals surface area (Å²) in [4.78, 5) is 0. The lowest BCUT2D eigenvalue weighted by Gasteiger charge is -2.23. The van der Waals surface area contributed by atoms with Crippen LogP contribution in [-0.2, 0) is 4.74 Å². The van der Waals surface area contributed by atoms with Gasteiger partial charge < -0.3 is 15.2 Å². The fourth-order valence-corrected chi connectivity index (χ4v) is 2.29. The van der Waals surface area contributed by atoms with E-state index in [1.54, 1.807) is 0 Å². The molecule has 1 aromatic rings. The molecule has 1 heterocycles. The van der Waals surface area contributed by atoms with Crippen molar-refractivity contribution in [3.63, 3.8) is 0 Å². The van der Waals surface area contributed by atoms with Crippen LogP contribution in [0.4, 0.5) is 0 Å². The average Bonchev–Trinajstić information content (AvgIpc) is 2.57. The Kier molecular flexibility index (Phi) is 6.39. The van der Waals surface area contributed by atoms with E-state index in [1.807, 2.05) is 25.1 Å². The summed E-state index contributed by atoms with van der Waals surface area (Å²) in [5.74, 6) is 0.0799. The van der Waals surface area contributed by atoms with E-state index in [0.29, 0.717) is 6.61 Å². The van der Waals surface area contributed by atoms with Gasteiger partial charge in [0, 0.05) is 30.6 Å². The monoisotopic (exact) mass is 291 g/mol. The Morgan fingerprint density at radius 3 is 2.94 bits per heavy atom. The Hall–Kier alpha value is -0.320. The smallest absolute Gasteiger partial charge is 0.0888 e. The lowest BCUT2D eigenvalue weighted by Crippen LogP contribution is -2.27. The lowest BCUT2D eigenvalue weighted by molar-refractivity contribution is 0.0115. The molecule has 1 aromatic carbocycles. The van der Waals surface area contributed by atoms with Crippen molar-refractivity contribution in [2.24, 2.45) is 5.92 Å². The van der Waals surface area contributed by atoms with Crippen molar-refractivity contribution < 1.29 is 9.84 Å². The third-order valence-electron chi connectivity index (χ3n) is 3.17. The summed E-state index contributed by atoms with van der Waals surface area (Å²) in [6.45, 7) is 4.35. The van der Waals surface area contributed by atoms with Crippen LogP contribution in [0, 0.1) is 12.8 Å². The van der Waals surface area contributed by atoms with Gasteiger partial charge in [0.05, 0.1) is 12.7 Å². The number of ether oxygens (including phenoxy) is 1. The number of aliphatic hydroxyl groups is 1. The Morgan fingerprint density at radius 1 is 1.50 bits per heavy atom. The Labute approximate surface area is 119 Å². The van der Waals surface area contributed by atoms with Gasteiger partial charge in [-0.1, -0.05) is 23.7 Å². The van der Waals surface area contributed by atoms with Crippen molar-refractivity contribution in [1.82, 2.24) is 5.32 Å². The van der Waals surface area contributed by atoms with Gasteiger partial charge in [0.15, 0.2) is 0 Å². The molecule has 2 N–H and O–H groups in total. The molecule has 1 aliphatic rings. The minimum atomic E-state index is -0.0758. The van der Waals surface area contributed by atoms with Crippen LogP contribution >= 0.6 is 24.0 Å². The molecule has 1 saturated heterocycles. The molecule has 1 aliphatic heterocycles. The third-order valence-corrected chi connectivity index (χ3v) is 3.58. The van der Waals surface area contributed by atoms with Crippen LogP contribution in [0.25, 0.3) is 0 Å². The number of rotatable bonds is 2. The Bertz CT molecular complexity index is 387. The van der Waals surface area contributed by atoms with Crippen molar-refractivity contribution in [3.05, 3.63) is 34.3 Å². The first-order chi connectivity index (χ1) is 8.22. The SMILES string of the molecule is Cc1ccc([C@H]2OCCNC[C@@H]2CO)cc1Cl.Cl. The molecule has 0 unspecified atom stereocenters. The van der Waals surface area contributed by atoms with E-state index in [1.165, 1.54) is 0 Å². The van der Waals surface area contributed by atoms with Gasteiger partial charge >= 0.3 is 0 Å². The van der Waals surface area contributed by atoms with Gasteiger partial charge in [-0.2, -0.15) is 0 Å². The zero-order chi connectivity index (χ0) is 12.3. The quantitative estimate of drug-likeness (QED) is 0.879. The predicted molar refractivity (Wildman–Crippen MR) is 75.6 cm³/mol. The second kappa shape index (κ2) is 7.31. The fourth-order valence-electron chi connectivity index (χ4n) is 2.10. The summed E-state index contributed by atoms with van der Waals surface area (Å²) in [7, 11) is 0. The topological polar surface area (TPSA) is 41.5 Å². The zero-order valence-corrected chi connectivity index (χ0v) is 11.9. The molecule has 102 valence electrons. The maximum atomic E-state index is 9.42. The van der Waals surface area contributed by atoms with Crippen LogP contribution in [0.1, 0.15) is 17.2 Å². The van der Waals surface area contributed by atoms with E-state index >= 15 is 0 Å². The summed E-state index contributed by atoms with van der Waals surface area (Å²) >= 11 is 6.13. The highest BCUT2D eigenvalue weighted by Crippen LogP contribution is 2.29. The van der Waals surface area contributed by atoms with Crippen LogP contribution in [0.15, 0.2) is 18.2 Å². The van der Waals surface area contributed by atoms with Crippen LogP contribution in [0.5, 0.6) is 0 Å². The number of aryl methyl sites for hydroxylation is 1. The first-order valence-electron chi connectivity index (χ1n) is 5.91. The summed E-state index contributed by atoms with van der Waals surface area (Å²) in [5.41, 5.74) is 2.10. The molecule has 5 heteroatoms. The minimum absolute atomic E-state index is 0. The number of hydrogen-bond acceptors (Lipinski definition) is 3. The minimum Gasteiger partial charge on any atom is -0.396 e. The standard InChI is InChI=1S/C13H18ClNO2.ClH/c1-9-2-3-10(6-12(9)14)13-11(8-16)7-15-4-5-17-13;/h2-3,6,11,13,15-16H,4-5,7-8H2,1H3;1H/t11-,13-;/m1./s1. The van der Waals surface area contributed by atoms with Crippen LogP contribution < -0.4 is 5.32 Å². The number of hydrogen-bond donors (Lipinski definition) is 2. The lowest BCUT2D eigenvalue weighted by atomic mass is 9.95.